The van der Waals surface area contributed by atoms with Gasteiger partial charge in [-0.15, -0.1) is 0 Å². The molecule has 0 aliphatic heterocycles. The molecule has 4 aromatic rings. The number of Topliss-reactive ketones (excluding diaryl/α,β-unsaturated/α-hetero) is 1. The average Bonchev–Trinajstić information content (AvgIpc) is 2.97. The lowest BCUT2D eigenvalue weighted by Crippen LogP contribution is -2.42. The van der Waals surface area contributed by atoms with Gasteiger partial charge in [0.25, 0.3) is 11.8 Å². The van der Waals surface area contributed by atoms with Crippen molar-refractivity contribution in [3.8, 4) is 0 Å². The van der Waals surface area contributed by atoms with Crippen LogP contribution >= 0.6 is 31.9 Å². The third kappa shape index (κ3) is 11.2. The van der Waals surface area contributed by atoms with Crippen LogP contribution in [0.4, 0.5) is 0 Å². The third-order valence-electron chi connectivity index (χ3n) is 6.68. The van der Waals surface area contributed by atoms with Gasteiger partial charge in [-0.3, -0.25) is 14.4 Å². The fraction of sp³-hybridized carbons (Fsp3) is 0.200. The van der Waals surface area contributed by atoms with Gasteiger partial charge in [0.05, 0.1) is 6.04 Å². The van der Waals surface area contributed by atoms with Crippen LogP contribution in [0.15, 0.2) is 106 Å². The third-order valence-corrected chi connectivity index (χ3v) is 7.67. The molecule has 7 nitrogen and oxygen atoms in total. The van der Waals surface area contributed by atoms with Crippen LogP contribution in [0.1, 0.15) is 49.9 Å². The van der Waals surface area contributed by atoms with E-state index in [1.54, 1.807) is 24.3 Å². The van der Waals surface area contributed by atoms with Gasteiger partial charge in [-0.25, -0.2) is 4.79 Å². The van der Waals surface area contributed by atoms with Crippen molar-refractivity contribution in [3.05, 3.63) is 139 Å². The van der Waals surface area contributed by atoms with Gasteiger partial charge in [0.1, 0.15) is 6.04 Å². The maximum atomic E-state index is 12.3. The van der Waals surface area contributed by atoms with Crippen LogP contribution in [0.2, 0.25) is 0 Å². The zero-order chi connectivity index (χ0) is 32.2. The number of hydrogen-bond acceptors (Lipinski definition) is 4. The van der Waals surface area contributed by atoms with E-state index in [1.165, 1.54) is 6.92 Å². The minimum atomic E-state index is -1.06. The molecule has 9 heteroatoms. The Morgan fingerprint density at radius 3 is 1.39 bits per heavy atom. The number of rotatable bonds is 10. The second-order valence-corrected chi connectivity index (χ2v) is 12.2. The quantitative estimate of drug-likeness (QED) is 0.166. The highest BCUT2D eigenvalue weighted by atomic mass is 79.9. The Morgan fingerprint density at radius 2 is 1.02 bits per heavy atom. The Kier molecular flexibility index (Phi) is 13.0. The zero-order valence-electron chi connectivity index (χ0n) is 24.6. The molecule has 4 rings (SSSR count). The van der Waals surface area contributed by atoms with Gasteiger partial charge in [0.15, 0.2) is 5.78 Å². The van der Waals surface area contributed by atoms with Crippen LogP contribution in [0.5, 0.6) is 0 Å². The van der Waals surface area contributed by atoms with E-state index in [1.807, 2.05) is 86.6 Å². The molecule has 4 aromatic carbocycles. The lowest BCUT2D eigenvalue weighted by molar-refractivity contribution is -0.139. The highest BCUT2D eigenvalue weighted by Gasteiger charge is 2.21. The number of carbonyl (C=O) groups is 4. The molecule has 0 fully saturated rings. The average molecular weight is 722 g/mol. The van der Waals surface area contributed by atoms with E-state index >= 15 is 0 Å². The van der Waals surface area contributed by atoms with Gasteiger partial charge in [-0.2, -0.15) is 0 Å². The normalized spacial score (nSPS) is 11.8. The van der Waals surface area contributed by atoms with Crippen LogP contribution in [-0.4, -0.2) is 40.8 Å². The predicted molar refractivity (Wildman–Crippen MR) is 179 cm³/mol. The summed E-state index contributed by atoms with van der Waals surface area (Å²) < 4.78 is 1.83. The molecule has 0 radical (unpaired) electrons. The summed E-state index contributed by atoms with van der Waals surface area (Å²) in [4.78, 5) is 47.6. The molecule has 44 heavy (non-hydrogen) atoms. The Morgan fingerprint density at radius 1 is 0.636 bits per heavy atom. The van der Waals surface area contributed by atoms with Gasteiger partial charge in [0, 0.05) is 26.5 Å². The number of nitrogens with one attached hydrogen (secondary N) is 2. The van der Waals surface area contributed by atoms with Crippen molar-refractivity contribution in [2.45, 2.75) is 45.7 Å². The molecule has 0 spiro atoms. The van der Waals surface area contributed by atoms with E-state index in [0.717, 1.165) is 31.2 Å². The first-order valence-electron chi connectivity index (χ1n) is 13.9. The second kappa shape index (κ2) is 16.7. The summed E-state index contributed by atoms with van der Waals surface area (Å²) in [5.74, 6) is -1.72. The first kappa shape index (κ1) is 34.4. The van der Waals surface area contributed by atoms with E-state index in [2.05, 4.69) is 42.5 Å². The van der Waals surface area contributed by atoms with E-state index in [0.29, 0.717) is 17.5 Å². The van der Waals surface area contributed by atoms with Crippen molar-refractivity contribution in [1.29, 1.82) is 0 Å². The number of carbonyl (C=O) groups excluding carboxylic acids is 3. The van der Waals surface area contributed by atoms with Crippen molar-refractivity contribution in [1.82, 2.24) is 10.6 Å². The number of halogens is 2. The van der Waals surface area contributed by atoms with Gasteiger partial charge in [-0.05, 0) is 86.8 Å². The van der Waals surface area contributed by atoms with Gasteiger partial charge in [-0.1, -0.05) is 91.5 Å². The molecular weight excluding hydrogens is 688 g/mol. The first-order valence-corrected chi connectivity index (χ1v) is 15.5. The van der Waals surface area contributed by atoms with Crippen molar-refractivity contribution in [3.63, 3.8) is 0 Å². The molecule has 0 aliphatic carbocycles. The lowest BCUT2D eigenvalue weighted by Gasteiger charge is -2.16. The topological polar surface area (TPSA) is 113 Å². The fourth-order valence-electron chi connectivity index (χ4n) is 4.19. The van der Waals surface area contributed by atoms with Gasteiger partial charge >= 0.3 is 5.97 Å². The smallest absolute Gasteiger partial charge is 0.326 e. The van der Waals surface area contributed by atoms with Crippen molar-refractivity contribution < 1.29 is 24.3 Å². The summed E-state index contributed by atoms with van der Waals surface area (Å²) in [7, 11) is 0. The van der Waals surface area contributed by atoms with Gasteiger partial charge < -0.3 is 15.7 Å². The van der Waals surface area contributed by atoms with Crippen LogP contribution in [0, 0.1) is 13.8 Å². The summed E-state index contributed by atoms with van der Waals surface area (Å²) in [5.41, 5.74) is 4.98. The molecule has 0 bridgehead atoms. The molecule has 0 saturated heterocycles. The first-order chi connectivity index (χ1) is 20.9. The predicted octanol–water partition coefficient (Wildman–Crippen LogP) is 6.87. The van der Waals surface area contributed by atoms with E-state index in [9.17, 15) is 24.3 Å². The SMILES string of the molecule is CC(=O)C(Cc1cccc(Br)c1)NC(=O)c1ccc(C)cc1.Cc1ccc(C(=O)NC(Cc2cccc(Br)c2)C(=O)O)cc1. The Labute approximate surface area is 274 Å². The molecule has 0 saturated carbocycles. The minimum Gasteiger partial charge on any atom is -0.480 e. The number of amides is 2. The molecule has 228 valence electrons. The largest absolute Gasteiger partial charge is 0.480 e. The summed E-state index contributed by atoms with van der Waals surface area (Å²) in [6, 6.07) is 27.9. The number of hydrogen-bond donors (Lipinski definition) is 3. The highest BCUT2D eigenvalue weighted by molar-refractivity contribution is 9.10. The fourth-order valence-corrected chi connectivity index (χ4v) is 5.08. The molecule has 0 aliphatic rings. The molecular formula is C35H34Br2N2O5. The number of benzene rings is 4. The Hall–Kier alpha value is -4.08. The van der Waals surface area contributed by atoms with Crippen molar-refractivity contribution in [2.24, 2.45) is 0 Å². The number of carboxylic acids is 1. The number of carboxylic acid groups (broad SMARTS) is 1. The molecule has 3 N–H and O–H groups in total. The Bertz CT molecular complexity index is 1480. The standard InChI is InChI=1S/C18H18BrNO2.C17H16BrNO3/c1-12-6-8-15(9-7-12)18(22)20-17(13(2)21)11-14-4-3-5-16(19)10-14;1-11-5-7-13(8-6-11)16(20)19-15(17(21)22)10-12-3-2-4-14(18)9-12/h3-10,17H,11H2,1-2H3,(H,20,22);2-9,15H,10H2,1H3,(H,19,20)(H,21,22). The highest BCUT2D eigenvalue weighted by Crippen LogP contribution is 2.15. The van der Waals surface area contributed by atoms with E-state index in [-0.39, 0.29) is 24.0 Å². The lowest BCUT2D eigenvalue weighted by atomic mass is 10.0. The second-order valence-electron chi connectivity index (χ2n) is 10.4. The molecule has 2 atom stereocenters. The monoisotopic (exact) mass is 720 g/mol. The summed E-state index contributed by atoms with van der Waals surface area (Å²) in [6.45, 7) is 5.39. The van der Waals surface area contributed by atoms with Crippen LogP contribution in [0.25, 0.3) is 0 Å². The molecule has 0 heterocycles. The summed E-state index contributed by atoms with van der Waals surface area (Å²) in [5, 5.41) is 14.7. The van der Waals surface area contributed by atoms with E-state index < -0.39 is 18.1 Å². The summed E-state index contributed by atoms with van der Waals surface area (Å²) >= 11 is 6.76. The molecule has 2 unspecified atom stereocenters. The Balaban J connectivity index is 0.000000240. The zero-order valence-corrected chi connectivity index (χ0v) is 27.8. The molecule has 2 amide bonds. The van der Waals surface area contributed by atoms with Crippen molar-refractivity contribution >= 4 is 55.4 Å². The van der Waals surface area contributed by atoms with Crippen LogP contribution in [-0.2, 0) is 22.4 Å². The van der Waals surface area contributed by atoms with Crippen molar-refractivity contribution in [2.75, 3.05) is 0 Å². The van der Waals surface area contributed by atoms with Gasteiger partial charge in [0.2, 0.25) is 0 Å². The van der Waals surface area contributed by atoms with Crippen LogP contribution < -0.4 is 10.6 Å². The van der Waals surface area contributed by atoms with E-state index in [4.69, 9.17) is 0 Å². The summed E-state index contributed by atoms with van der Waals surface area (Å²) in [6.07, 6.45) is 0.707. The number of aryl methyl sites for hydroxylation is 2. The number of ketones is 1. The maximum Gasteiger partial charge on any atom is 0.326 e. The number of aliphatic carboxylic acids is 1. The minimum absolute atomic E-state index is 0.0552. The molecule has 0 aromatic heterocycles. The maximum absolute atomic E-state index is 12.3. The van der Waals surface area contributed by atoms with Crippen LogP contribution in [0.3, 0.4) is 0 Å².